The van der Waals surface area contributed by atoms with Crippen LogP contribution in [0.15, 0.2) is 18.3 Å². The molecule has 2 aromatic heterocycles. The van der Waals surface area contributed by atoms with E-state index >= 15 is 0 Å². The summed E-state index contributed by atoms with van der Waals surface area (Å²) in [5.74, 6) is 0. The highest BCUT2D eigenvalue weighted by Gasteiger charge is 2.17. The Bertz CT molecular complexity index is 513. The Morgan fingerprint density at radius 2 is 2.36 bits per heavy atom. The van der Waals surface area contributed by atoms with Gasteiger partial charge < -0.3 is 4.40 Å². The van der Waals surface area contributed by atoms with Gasteiger partial charge in [-0.1, -0.05) is 0 Å². The fourth-order valence-electron chi connectivity index (χ4n) is 2.12. The smallest absolute Gasteiger partial charge is 0.150 e. The summed E-state index contributed by atoms with van der Waals surface area (Å²) in [6.07, 6.45) is 6.19. The van der Waals surface area contributed by atoms with Gasteiger partial charge in [-0.15, -0.1) is 0 Å². The second-order valence-corrected chi connectivity index (χ2v) is 3.66. The highest BCUT2D eigenvalue weighted by molar-refractivity contribution is 5.76. The Labute approximate surface area is 81.4 Å². The molecule has 3 nitrogen and oxygen atoms in total. The lowest BCUT2D eigenvalue weighted by Gasteiger charge is -1.97. The summed E-state index contributed by atoms with van der Waals surface area (Å²) >= 11 is 0. The molecule has 0 aromatic carbocycles. The van der Waals surface area contributed by atoms with Gasteiger partial charge in [-0.2, -0.15) is 0 Å². The molecule has 0 saturated heterocycles. The first-order chi connectivity index (χ1) is 6.88. The second kappa shape index (κ2) is 2.67. The van der Waals surface area contributed by atoms with Crippen molar-refractivity contribution >= 4 is 11.9 Å². The fourth-order valence-corrected chi connectivity index (χ4v) is 2.12. The minimum atomic E-state index is 0.696. The molecular formula is C11H10N2O. The number of pyridine rings is 1. The second-order valence-electron chi connectivity index (χ2n) is 3.66. The third kappa shape index (κ3) is 0.923. The fraction of sp³-hybridized carbons (Fsp3) is 0.273. The number of nitrogens with zero attached hydrogens (tertiary/aromatic N) is 2. The number of fused-ring (bicyclic) bond motifs is 3. The molecule has 0 saturated carbocycles. The van der Waals surface area contributed by atoms with Crippen molar-refractivity contribution in [1.82, 2.24) is 9.38 Å². The van der Waals surface area contributed by atoms with E-state index in [2.05, 4.69) is 9.38 Å². The van der Waals surface area contributed by atoms with Crippen LogP contribution in [0.1, 0.15) is 28.2 Å². The van der Waals surface area contributed by atoms with Crippen LogP contribution in [0.25, 0.3) is 5.65 Å². The SMILES string of the molecule is O=Cc1ccn2c3c(nc2c1)CCC3. The predicted molar refractivity (Wildman–Crippen MR) is 52.6 cm³/mol. The van der Waals surface area contributed by atoms with Crippen LogP contribution in [0.2, 0.25) is 0 Å². The van der Waals surface area contributed by atoms with E-state index in [1.54, 1.807) is 0 Å². The van der Waals surface area contributed by atoms with E-state index in [4.69, 9.17) is 0 Å². The highest BCUT2D eigenvalue weighted by atomic mass is 16.1. The largest absolute Gasteiger partial charge is 0.304 e. The summed E-state index contributed by atoms with van der Waals surface area (Å²) in [5.41, 5.74) is 4.12. The molecule has 0 unspecified atom stereocenters. The minimum Gasteiger partial charge on any atom is -0.304 e. The van der Waals surface area contributed by atoms with E-state index in [0.29, 0.717) is 5.56 Å². The average molecular weight is 186 g/mol. The molecule has 3 rings (SSSR count). The number of hydrogen-bond acceptors (Lipinski definition) is 2. The van der Waals surface area contributed by atoms with Crippen molar-refractivity contribution in [3.05, 3.63) is 35.3 Å². The summed E-state index contributed by atoms with van der Waals surface area (Å²) in [4.78, 5) is 15.1. The van der Waals surface area contributed by atoms with Gasteiger partial charge in [0.1, 0.15) is 11.9 Å². The molecule has 2 aromatic rings. The van der Waals surface area contributed by atoms with Crippen molar-refractivity contribution < 1.29 is 4.79 Å². The maximum Gasteiger partial charge on any atom is 0.150 e. The van der Waals surface area contributed by atoms with E-state index in [-0.39, 0.29) is 0 Å². The van der Waals surface area contributed by atoms with Crippen molar-refractivity contribution in [2.75, 3.05) is 0 Å². The van der Waals surface area contributed by atoms with Crippen molar-refractivity contribution in [3.8, 4) is 0 Å². The number of aldehydes is 1. The molecule has 0 fully saturated rings. The van der Waals surface area contributed by atoms with E-state index in [1.807, 2.05) is 18.3 Å². The summed E-state index contributed by atoms with van der Waals surface area (Å²) in [6.45, 7) is 0. The van der Waals surface area contributed by atoms with Gasteiger partial charge in [0.15, 0.2) is 0 Å². The zero-order valence-electron chi connectivity index (χ0n) is 7.73. The van der Waals surface area contributed by atoms with Gasteiger partial charge in [0, 0.05) is 17.5 Å². The molecule has 0 spiro atoms. The Kier molecular flexibility index (Phi) is 1.48. The van der Waals surface area contributed by atoms with Crippen LogP contribution in [0.3, 0.4) is 0 Å². The van der Waals surface area contributed by atoms with Gasteiger partial charge in [-0.25, -0.2) is 4.98 Å². The molecule has 0 atom stereocenters. The zero-order chi connectivity index (χ0) is 9.54. The quantitative estimate of drug-likeness (QED) is 0.634. The van der Waals surface area contributed by atoms with Crippen molar-refractivity contribution in [2.45, 2.75) is 19.3 Å². The molecule has 0 aliphatic heterocycles. The molecule has 3 heteroatoms. The predicted octanol–water partition coefficient (Wildman–Crippen LogP) is 1.64. The number of aryl methyl sites for hydroxylation is 2. The lowest BCUT2D eigenvalue weighted by molar-refractivity contribution is 0.112. The van der Waals surface area contributed by atoms with Crippen LogP contribution in [-0.4, -0.2) is 15.7 Å². The van der Waals surface area contributed by atoms with Gasteiger partial charge in [0.25, 0.3) is 0 Å². The maximum atomic E-state index is 10.6. The number of rotatable bonds is 1. The first-order valence-corrected chi connectivity index (χ1v) is 4.83. The zero-order valence-corrected chi connectivity index (χ0v) is 7.73. The van der Waals surface area contributed by atoms with E-state index in [9.17, 15) is 4.79 Å². The van der Waals surface area contributed by atoms with E-state index in [1.165, 1.54) is 17.8 Å². The summed E-state index contributed by atoms with van der Waals surface area (Å²) in [6, 6.07) is 3.67. The Balaban J connectivity index is 2.32. The number of hydrogen-bond donors (Lipinski definition) is 0. The standard InChI is InChI=1S/C11H10N2O/c14-7-8-4-5-13-10-3-1-2-9(10)12-11(13)6-8/h4-7H,1-3H2. The Hall–Kier alpha value is -1.64. The van der Waals surface area contributed by atoms with Crippen LogP contribution >= 0.6 is 0 Å². The van der Waals surface area contributed by atoms with Crippen LogP contribution in [0.5, 0.6) is 0 Å². The van der Waals surface area contributed by atoms with Gasteiger partial charge in [-0.3, -0.25) is 4.79 Å². The van der Waals surface area contributed by atoms with Crippen LogP contribution in [-0.2, 0) is 12.8 Å². The molecule has 0 amide bonds. The number of imidazole rings is 1. The van der Waals surface area contributed by atoms with Crippen LogP contribution < -0.4 is 0 Å². The number of aromatic nitrogens is 2. The molecule has 0 bridgehead atoms. The monoisotopic (exact) mass is 186 g/mol. The average Bonchev–Trinajstić information content (AvgIpc) is 2.75. The molecule has 2 heterocycles. The van der Waals surface area contributed by atoms with Crippen LogP contribution in [0, 0.1) is 0 Å². The van der Waals surface area contributed by atoms with E-state index < -0.39 is 0 Å². The lowest BCUT2D eigenvalue weighted by atomic mass is 10.3. The minimum absolute atomic E-state index is 0.696. The molecule has 1 aliphatic rings. The summed E-state index contributed by atoms with van der Waals surface area (Å²) in [7, 11) is 0. The normalized spacial score (nSPS) is 14.6. The lowest BCUT2D eigenvalue weighted by Crippen LogP contribution is -1.91. The van der Waals surface area contributed by atoms with Crippen molar-refractivity contribution in [1.29, 1.82) is 0 Å². The first kappa shape index (κ1) is 7.74. The maximum absolute atomic E-state index is 10.6. The third-order valence-electron chi connectivity index (χ3n) is 2.80. The highest BCUT2D eigenvalue weighted by Crippen LogP contribution is 2.22. The summed E-state index contributed by atoms with van der Waals surface area (Å²) in [5, 5.41) is 0. The summed E-state index contributed by atoms with van der Waals surface area (Å²) < 4.78 is 2.09. The Morgan fingerprint density at radius 1 is 1.43 bits per heavy atom. The molecule has 70 valence electrons. The van der Waals surface area contributed by atoms with Crippen molar-refractivity contribution in [3.63, 3.8) is 0 Å². The molecule has 0 N–H and O–H groups in total. The molecule has 14 heavy (non-hydrogen) atoms. The van der Waals surface area contributed by atoms with Gasteiger partial charge >= 0.3 is 0 Å². The number of carbonyl (C=O) groups is 1. The van der Waals surface area contributed by atoms with E-state index in [0.717, 1.165) is 24.8 Å². The van der Waals surface area contributed by atoms with Crippen LogP contribution in [0.4, 0.5) is 0 Å². The molecule has 1 aliphatic carbocycles. The topological polar surface area (TPSA) is 34.4 Å². The first-order valence-electron chi connectivity index (χ1n) is 4.83. The Morgan fingerprint density at radius 3 is 3.21 bits per heavy atom. The van der Waals surface area contributed by atoms with Gasteiger partial charge in [0.05, 0.1) is 5.69 Å². The van der Waals surface area contributed by atoms with Gasteiger partial charge in [-0.05, 0) is 31.4 Å². The molecular weight excluding hydrogens is 176 g/mol. The van der Waals surface area contributed by atoms with Crippen molar-refractivity contribution in [2.24, 2.45) is 0 Å². The van der Waals surface area contributed by atoms with Gasteiger partial charge in [0.2, 0.25) is 0 Å². The third-order valence-corrected chi connectivity index (χ3v) is 2.80. The molecule has 0 radical (unpaired) electrons. The number of carbonyl (C=O) groups excluding carboxylic acids is 1.